The van der Waals surface area contributed by atoms with Crippen LogP contribution in [0.15, 0.2) is 29.2 Å². The number of hydrogen-bond donors (Lipinski definition) is 1. The third kappa shape index (κ3) is 3.55. The van der Waals surface area contributed by atoms with E-state index in [0.717, 1.165) is 17.9 Å². The first kappa shape index (κ1) is 15.2. The van der Waals surface area contributed by atoms with E-state index in [-0.39, 0.29) is 0 Å². The average molecular weight is 299 g/mol. The molecule has 0 atom stereocenters. The first-order valence-electron chi connectivity index (χ1n) is 4.93. The van der Waals surface area contributed by atoms with Gasteiger partial charge < -0.3 is 5.32 Å². The highest BCUT2D eigenvalue weighted by Crippen LogP contribution is 2.30. The van der Waals surface area contributed by atoms with E-state index in [1.54, 1.807) is 11.8 Å². The molecule has 0 bridgehead atoms. The second kappa shape index (κ2) is 5.83. The maximum absolute atomic E-state index is 12.3. The van der Waals surface area contributed by atoms with Crippen molar-refractivity contribution >= 4 is 27.3 Å². The highest BCUT2D eigenvalue weighted by Gasteiger charge is 2.46. The first-order chi connectivity index (χ1) is 8.29. The van der Waals surface area contributed by atoms with Crippen LogP contribution in [-0.2, 0) is 9.84 Å². The van der Waals surface area contributed by atoms with Crippen LogP contribution in [0.4, 0.5) is 18.9 Å². The largest absolute Gasteiger partial charge is 0.501 e. The molecule has 0 spiro atoms. The maximum atomic E-state index is 12.3. The molecule has 0 saturated carbocycles. The van der Waals surface area contributed by atoms with Crippen molar-refractivity contribution in [1.82, 2.24) is 0 Å². The van der Waals surface area contributed by atoms with Gasteiger partial charge in [-0.2, -0.15) is 24.9 Å². The lowest BCUT2D eigenvalue weighted by Gasteiger charge is -2.09. The maximum Gasteiger partial charge on any atom is 0.501 e. The molecule has 1 aromatic carbocycles. The van der Waals surface area contributed by atoms with Crippen LogP contribution in [0.5, 0.6) is 0 Å². The molecule has 0 radical (unpaired) electrons. The number of benzene rings is 1. The van der Waals surface area contributed by atoms with E-state index in [4.69, 9.17) is 0 Å². The first-order valence-corrected chi connectivity index (χ1v) is 7.81. The summed E-state index contributed by atoms with van der Waals surface area (Å²) in [7, 11) is -5.25. The van der Waals surface area contributed by atoms with E-state index < -0.39 is 20.2 Å². The lowest BCUT2D eigenvalue weighted by atomic mass is 10.3. The van der Waals surface area contributed by atoms with Gasteiger partial charge in [0.2, 0.25) is 0 Å². The summed E-state index contributed by atoms with van der Waals surface area (Å²) in [5, 5.41) is 2.97. The quantitative estimate of drug-likeness (QED) is 0.849. The molecule has 0 aliphatic heterocycles. The Morgan fingerprint density at radius 3 is 2.22 bits per heavy atom. The zero-order chi connectivity index (χ0) is 13.8. The lowest BCUT2D eigenvalue weighted by Crippen LogP contribution is -2.23. The van der Waals surface area contributed by atoms with E-state index in [0.29, 0.717) is 12.2 Å². The van der Waals surface area contributed by atoms with Gasteiger partial charge in [0.15, 0.2) is 0 Å². The third-order valence-electron chi connectivity index (χ3n) is 2.10. The van der Waals surface area contributed by atoms with Crippen LogP contribution in [0.1, 0.15) is 0 Å². The topological polar surface area (TPSA) is 46.2 Å². The number of hydrogen-bond acceptors (Lipinski definition) is 4. The molecule has 18 heavy (non-hydrogen) atoms. The lowest BCUT2D eigenvalue weighted by molar-refractivity contribution is -0.0436. The number of thioether (sulfide) groups is 1. The molecule has 0 heterocycles. The minimum atomic E-state index is -5.26. The van der Waals surface area contributed by atoms with Crippen molar-refractivity contribution in [3.05, 3.63) is 24.3 Å². The molecule has 0 fully saturated rings. The van der Waals surface area contributed by atoms with Gasteiger partial charge in [0, 0.05) is 18.0 Å². The molecule has 0 amide bonds. The summed E-state index contributed by atoms with van der Waals surface area (Å²) in [4.78, 5) is -0.745. The average Bonchev–Trinajstić information content (AvgIpc) is 2.28. The van der Waals surface area contributed by atoms with Crippen LogP contribution in [0.3, 0.4) is 0 Å². The summed E-state index contributed by atoms with van der Waals surface area (Å²) in [6, 6.07) is 4.53. The highest BCUT2D eigenvalue weighted by molar-refractivity contribution is 7.98. The van der Waals surface area contributed by atoms with Gasteiger partial charge in [0.05, 0.1) is 4.90 Å². The van der Waals surface area contributed by atoms with E-state index in [9.17, 15) is 21.6 Å². The van der Waals surface area contributed by atoms with Crippen molar-refractivity contribution in [3.8, 4) is 0 Å². The second-order valence-corrected chi connectivity index (χ2v) is 6.32. The standard InChI is InChI=1S/C10H12F3NO2S2/c1-17-7-6-14-8-2-4-9(5-3-8)18(15,16)10(11,12)13/h2-5,14H,6-7H2,1H3. The molecule has 0 saturated heterocycles. The van der Waals surface area contributed by atoms with Crippen molar-refractivity contribution in [2.75, 3.05) is 23.9 Å². The third-order valence-corrected chi connectivity index (χ3v) is 4.22. The van der Waals surface area contributed by atoms with Crippen molar-refractivity contribution in [1.29, 1.82) is 0 Å². The molecule has 102 valence electrons. The van der Waals surface area contributed by atoms with E-state index in [1.165, 1.54) is 12.1 Å². The molecule has 0 aliphatic rings. The zero-order valence-electron chi connectivity index (χ0n) is 9.49. The minimum Gasteiger partial charge on any atom is -0.384 e. The smallest absolute Gasteiger partial charge is 0.384 e. The van der Waals surface area contributed by atoms with Crippen molar-refractivity contribution < 1.29 is 21.6 Å². The predicted octanol–water partition coefficient (Wildman–Crippen LogP) is 2.76. The van der Waals surface area contributed by atoms with Gasteiger partial charge in [0.1, 0.15) is 0 Å². The number of sulfone groups is 1. The zero-order valence-corrected chi connectivity index (χ0v) is 11.1. The fraction of sp³-hybridized carbons (Fsp3) is 0.400. The molecule has 3 nitrogen and oxygen atoms in total. The van der Waals surface area contributed by atoms with Gasteiger partial charge in [-0.15, -0.1) is 0 Å². The van der Waals surface area contributed by atoms with Crippen LogP contribution in [0.25, 0.3) is 0 Å². The Labute approximate surface area is 108 Å². The van der Waals surface area contributed by atoms with Gasteiger partial charge in [-0.25, -0.2) is 8.42 Å². The Morgan fingerprint density at radius 2 is 1.78 bits per heavy atom. The van der Waals surface area contributed by atoms with Crippen molar-refractivity contribution in [2.24, 2.45) is 0 Å². The molecule has 1 N–H and O–H groups in total. The van der Waals surface area contributed by atoms with Gasteiger partial charge in [-0.1, -0.05) is 0 Å². The number of anilines is 1. The summed E-state index contributed by atoms with van der Waals surface area (Å²) in [6.07, 6.45) is 1.93. The molecule has 1 rings (SSSR count). The fourth-order valence-corrected chi connectivity index (χ4v) is 2.25. The normalized spacial score (nSPS) is 12.4. The molecule has 0 aliphatic carbocycles. The number of halogens is 3. The Kier molecular flexibility index (Phi) is 4.92. The molecule has 1 aromatic rings. The van der Waals surface area contributed by atoms with E-state index in [1.807, 2.05) is 6.26 Å². The summed E-state index contributed by atoms with van der Waals surface area (Å²) in [6.45, 7) is 0.659. The number of nitrogens with one attached hydrogen (secondary N) is 1. The summed E-state index contributed by atoms with van der Waals surface area (Å²) >= 11 is 1.62. The summed E-state index contributed by atoms with van der Waals surface area (Å²) in [5.74, 6) is 0.850. The molecular formula is C10H12F3NO2S2. The molecule has 0 unspecified atom stereocenters. The van der Waals surface area contributed by atoms with Gasteiger partial charge in [-0.05, 0) is 30.5 Å². The second-order valence-electron chi connectivity index (χ2n) is 3.39. The monoisotopic (exact) mass is 299 g/mol. The summed E-state index contributed by atoms with van der Waals surface area (Å²) in [5.41, 5.74) is -4.67. The molecular weight excluding hydrogens is 287 g/mol. The van der Waals surface area contributed by atoms with Gasteiger partial charge in [0.25, 0.3) is 9.84 Å². The van der Waals surface area contributed by atoms with Gasteiger partial charge >= 0.3 is 5.51 Å². The van der Waals surface area contributed by atoms with Crippen molar-refractivity contribution in [3.63, 3.8) is 0 Å². The summed E-state index contributed by atoms with van der Waals surface area (Å²) < 4.78 is 58.9. The Bertz CT molecular complexity index is 483. The molecule has 8 heteroatoms. The van der Waals surface area contributed by atoms with E-state index in [2.05, 4.69) is 5.32 Å². The van der Waals surface area contributed by atoms with Crippen LogP contribution < -0.4 is 5.32 Å². The van der Waals surface area contributed by atoms with E-state index >= 15 is 0 Å². The Hall–Kier alpha value is -0.890. The fourth-order valence-electron chi connectivity index (χ4n) is 1.18. The Morgan fingerprint density at radius 1 is 1.22 bits per heavy atom. The SMILES string of the molecule is CSCCNc1ccc(S(=O)(=O)C(F)(F)F)cc1. The highest BCUT2D eigenvalue weighted by atomic mass is 32.2. The number of rotatable bonds is 5. The number of alkyl halides is 3. The Balaban J connectivity index is 2.84. The van der Waals surface area contributed by atoms with Crippen LogP contribution in [-0.4, -0.2) is 32.5 Å². The van der Waals surface area contributed by atoms with Crippen LogP contribution in [0, 0.1) is 0 Å². The van der Waals surface area contributed by atoms with Gasteiger partial charge in [-0.3, -0.25) is 0 Å². The van der Waals surface area contributed by atoms with Crippen LogP contribution >= 0.6 is 11.8 Å². The van der Waals surface area contributed by atoms with Crippen molar-refractivity contribution in [2.45, 2.75) is 10.4 Å². The van der Waals surface area contributed by atoms with Crippen LogP contribution in [0.2, 0.25) is 0 Å². The molecule has 0 aromatic heterocycles. The predicted molar refractivity (Wildman–Crippen MR) is 66.6 cm³/mol. The minimum absolute atomic E-state index is 0.588.